The summed E-state index contributed by atoms with van der Waals surface area (Å²) in [6, 6.07) is 7.70. The van der Waals surface area contributed by atoms with Gasteiger partial charge in [0.1, 0.15) is 0 Å². The van der Waals surface area contributed by atoms with Gasteiger partial charge in [0.15, 0.2) is 0 Å². The first-order valence-corrected chi connectivity index (χ1v) is 6.01. The van der Waals surface area contributed by atoms with Crippen LogP contribution >= 0.6 is 31.9 Å². The first-order valence-electron chi connectivity index (χ1n) is 4.42. The molecule has 1 aromatic carbocycles. The molecule has 0 unspecified atom stereocenters. The lowest BCUT2D eigenvalue weighted by molar-refractivity contribution is -0.120. The van der Waals surface area contributed by atoms with Crippen molar-refractivity contribution in [2.24, 2.45) is 0 Å². The van der Waals surface area contributed by atoms with Crippen molar-refractivity contribution in [3.63, 3.8) is 0 Å². The highest BCUT2D eigenvalue weighted by Gasteiger charge is 2.02. The zero-order valence-corrected chi connectivity index (χ0v) is 11.3. The fraction of sp³-hybridized carbons (Fsp3) is 0.182. The largest absolute Gasteiger partial charge is 0.351 e. The molecule has 1 N–H and O–H groups in total. The summed E-state index contributed by atoms with van der Waals surface area (Å²) in [6.07, 6.45) is 0.389. The van der Waals surface area contributed by atoms with Crippen LogP contribution in [-0.2, 0) is 11.2 Å². The van der Waals surface area contributed by atoms with E-state index in [1.165, 1.54) is 0 Å². The number of hydrogen-bond acceptors (Lipinski definition) is 1. The molecule has 0 heterocycles. The molecule has 0 aliphatic rings. The first-order chi connectivity index (χ1) is 7.08. The topological polar surface area (TPSA) is 29.1 Å². The molecule has 0 spiro atoms. The van der Waals surface area contributed by atoms with Gasteiger partial charge < -0.3 is 5.32 Å². The molecule has 0 aliphatic heterocycles. The molecule has 0 aliphatic carbocycles. The number of hydrogen-bond donors (Lipinski definition) is 1. The second kappa shape index (κ2) is 6.08. The van der Waals surface area contributed by atoms with Gasteiger partial charge in [0.2, 0.25) is 5.91 Å². The van der Waals surface area contributed by atoms with E-state index in [9.17, 15) is 4.79 Å². The molecular weight excluding hydrogens is 322 g/mol. The Kier molecular flexibility index (Phi) is 5.05. The van der Waals surface area contributed by atoms with Crippen LogP contribution in [0.5, 0.6) is 0 Å². The van der Waals surface area contributed by atoms with Crippen molar-refractivity contribution in [2.45, 2.75) is 6.42 Å². The highest BCUT2D eigenvalue weighted by molar-refractivity contribution is 9.11. The molecule has 1 amide bonds. The Bertz CT molecular complexity index is 377. The van der Waals surface area contributed by atoms with Gasteiger partial charge in [-0.1, -0.05) is 50.6 Å². The van der Waals surface area contributed by atoms with Gasteiger partial charge in [-0.15, -0.1) is 0 Å². The summed E-state index contributed by atoms with van der Waals surface area (Å²) in [6.45, 7) is 4.11. The molecule has 0 radical (unpaired) electrons. The van der Waals surface area contributed by atoms with E-state index in [1.54, 1.807) is 0 Å². The van der Waals surface area contributed by atoms with Crippen LogP contribution in [0.25, 0.3) is 0 Å². The maximum atomic E-state index is 11.4. The zero-order chi connectivity index (χ0) is 11.3. The number of amides is 1. The molecule has 15 heavy (non-hydrogen) atoms. The van der Waals surface area contributed by atoms with Crippen LogP contribution in [-0.4, -0.2) is 12.5 Å². The Morgan fingerprint density at radius 1 is 1.47 bits per heavy atom. The van der Waals surface area contributed by atoms with Gasteiger partial charge in [0.25, 0.3) is 0 Å². The summed E-state index contributed by atoms with van der Waals surface area (Å²) >= 11 is 6.54. The minimum atomic E-state index is -0.00583. The van der Waals surface area contributed by atoms with E-state index in [2.05, 4.69) is 43.8 Å². The fourth-order valence-corrected chi connectivity index (χ4v) is 1.68. The van der Waals surface area contributed by atoms with Crippen molar-refractivity contribution in [1.82, 2.24) is 5.32 Å². The van der Waals surface area contributed by atoms with E-state index in [-0.39, 0.29) is 5.91 Å². The lowest BCUT2D eigenvalue weighted by atomic mass is 10.1. The van der Waals surface area contributed by atoms with Gasteiger partial charge in [-0.05, 0) is 17.7 Å². The summed E-state index contributed by atoms with van der Waals surface area (Å²) < 4.78 is 1.75. The smallest absolute Gasteiger partial charge is 0.224 e. The maximum absolute atomic E-state index is 11.4. The Labute approximate surface area is 106 Å². The zero-order valence-electron chi connectivity index (χ0n) is 8.09. The van der Waals surface area contributed by atoms with Crippen LogP contribution in [0.1, 0.15) is 5.56 Å². The van der Waals surface area contributed by atoms with Gasteiger partial charge in [-0.2, -0.15) is 0 Å². The van der Waals surface area contributed by atoms with Crippen molar-refractivity contribution >= 4 is 37.8 Å². The number of nitrogens with one attached hydrogen (secondary N) is 1. The second-order valence-corrected chi connectivity index (χ2v) is 5.14. The van der Waals surface area contributed by atoms with Crippen LogP contribution in [0, 0.1) is 0 Å². The minimum Gasteiger partial charge on any atom is -0.351 e. The van der Waals surface area contributed by atoms with Crippen molar-refractivity contribution in [3.05, 3.63) is 45.4 Å². The standard InChI is InChI=1S/C11H11Br2NO/c1-8(12)7-14-11(15)6-9-3-2-4-10(13)5-9/h2-5H,1,6-7H2,(H,14,15). The number of carbonyl (C=O) groups excluding carboxylic acids is 1. The van der Waals surface area contributed by atoms with E-state index in [0.29, 0.717) is 13.0 Å². The van der Waals surface area contributed by atoms with Gasteiger partial charge in [-0.25, -0.2) is 0 Å². The normalized spacial score (nSPS) is 9.73. The molecule has 0 fully saturated rings. The van der Waals surface area contributed by atoms with Crippen LogP contribution < -0.4 is 5.32 Å². The van der Waals surface area contributed by atoms with Crippen LogP contribution in [0.2, 0.25) is 0 Å². The highest BCUT2D eigenvalue weighted by atomic mass is 79.9. The van der Waals surface area contributed by atoms with Crippen LogP contribution in [0.15, 0.2) is 39.8 Å². The van der Waals surface area contributed by atoms with Crippen molar-refractivity contribution in [2.75, 3.05) is 6.54 Å². The number of carbonyl (C=O) groups is 1. The summed E-state index contributed by atoms with van der Waals surface area (Å²) in [4.78, 5) is 11.4. The monoisotopic (exact) mass is 331 g/mol. The Balaban J connectivity index is 2.48. The SMILES string of the molecule is C=C(Br)CNC(=O)Cc1cccc(Br)c1. The summed E-state index contributed by atoms with van der Waals surface area (Å²) in [5, 5.41) is 2.75. The molecule has 1 rings (SSSR count). The molecule has 0 saturated heterocycles. The second-order valence-electron chi connectivity index (χ2n) is 3.10. The van der Waals surface area contributed by atoms with Crippen molar-refractivity contribution in [1.29, 1.82) is 0 Å². The first kappa shape index (κ1) is 12.5. The molecule has 0 bridgehead atoms. The van der Waals surface area contributed by atoms with E-state index in [0.717, 1.165) is 14.5 Å². The van der Waals surface area contributed by atoms with Gasteiger partial charge in [-0.3, -0.25) is 4.79 Å². The molecule has 1 aromatic rings. The molecule has 0 atom stereocenters. The third-order valence-corrected chi connectivity index (χ3v) is 2.50. The number of benzene rings is 1. The molecule has 0 aromatic heterocycles. The number of rotatable bonds is 4. The Morgan fingerprint density at radius 2 is 2.20 bits per heavy atom. The summed E-state index contributed by atoms with van der Waals surface area (Å²) in [5.74, 6) is -0.00583. The summed E-state index contributed by atoms with van der Waals surface area (Å²) in [7, 11) is 0. The number of halogens is 2. The average molecular weight is 333 g/mol. The maximum Gasteiger partial charge on any atom is 0.224 e. The minimum absolute atomic E-state index is 0.00583. The van der Waals surface area contributed by atoms with Gasteiger partial charge in [0.05, 0.1) is 6.42 Å². The third kappa shape index (κ3) is 5.14. The predicted molar refractivity (Wildman–Crippen MR) is 68.9 cm³/mol. The fourth-order valence-electron chi connectivity index (χ4n) is 1.09. The van der Waals surface area contributed by atoms with Crippen LogP contribution in [0.3, 0.4) is 0 Å². The Hall–Kier alpha value is -0.610. The van der Waals surface area contributed by atoms with Crippen LogP contribution in [0.4, 0.5) is 0 Å². The van der Waals surface area contributed by atoms with Crippen molar-refractivity contribution in [3.8, 4) is 0 Å². The lowest BCUT2D eigenvalue weighted by Gasteiger charge is -2.04. The van der Waals surface area contributed by atoms with Crippen molar-refractivity contribution < 1.29 is 4.79 Å². The predicted octanol–water partition coefficient (Wildman–Crippen LogP) is 3.02. The van der Waals surface area contributed by atoms with Gasteiger partial charge in [0, 0.05) is 15.5 Å². The average Bonchev–Trinajstić information content (AvgIpc) is 2.15. The molecule has 80 valence electrons. The lowest BCUT2D eigenvalue weighted by Crippen LogP contribution is -2.25. The molecule has 0 saturated carbocycles. The highest BCUT2D eigenvalue weighted by Crippen LogP contribution is 2.11. The quantitative estimate of drug-likeness (QED) is 0.902. The van der Waals surface area contributed by atoms with Gasteiger partial charge >= 0.3 is 0 Å². The Morgan fingerprint density at radius 3 is 2.80 bits per heavy atom. The molecule has 4 heteroatoms. The summed E-state index contributed by atoms with van der Waals surface area (Å²) in [5.41, 5.74) is 0.988. The molecule has 2 nitrogen and oxygen atoms in total. The molecular formula is C11H11Br2NO. The van der Waals surface area contributed by atoms with E-state index in [4.69, 9.17) is 0 Å². The van der Waals surface area contributed by atoms with E-state index >= 15 is 0 Å². The van der Waals surface area contributed by atoms with E-state index in [1.807, 2.05) is 24.3 Å². The third-order valence-electron chi connectivity index (χ3n) is 1.73. The van der Waals surface area contributed by atoms with E-state index < -0.39 is 0 Å².